The fraction of sp³-hybridized carbons (Fsp3) is 0.545. The Morgan fingerprint density at radius 2 is 2.33 bits per heavy atom. The van der Waals surface area contributed by atoms with E-state index in [4.69, 9.17) is 0 Å². The molecule has 0 saturated heterocycles. The molecular formula is C11H16N2S2. The highest BCUT2D eigenvalue weighted by atomic mass is 32.2. The van der Waals surface area contributed by atoms with Crippen molar-refractivity contribution in [2.45, 2.75) is 19.9 Å². The van der Waals surface area contributed by atoms with Gasteiger partial charge in [0, 0.05) is 10.6 Å². The van der Waals surface area contributed by atoms with Gasteiger partial charge in [0.1, 0.15) is 0 Å². The summed E-state index contributed by atoms with van der Waals surface area (Å²) in [5, 5.41) is 6.79. The third-order valence-corrected chi connectivity index (χ3v) is 4.24. The first-order chi connectivity index (χ1) is 7.27. The third kappa shape index (κ3) is 2.75. The van der Waals surface area contributed by atoms with Crippen LogP contribution in [-0.2, 0) is 0 Å². The van der Waals surface area contributed by atoms with Crippen molar-refractivity contribution in [3.05, 3.63) is 22.4 Å². The van der Waals surface area contributed by atoms with Gasteiger partial charge in [-0.1, -0.05) is 31.7 Å². The predicted molar refractivity (Wildman–Crippen MR) is 69.8 cm³/mol. The monoisotopic (exact) mass is 240 g/mol. The van der Waals surface area contributed by atoms with E-state index in [2.05, 4.69) is 41.7 Å². The summed E-state index contributed by atoms with van der Waals surface area (Å²) >= 11 is 3.64. The Morgan fingerprint density at radius 1 is 1.47 bits per heavy atom. The molecule has 2 heterocycles. The smallest absolute Gasteiger partial charge is 0.157 e. The molecule has 82 valence electrons. The van der Waals surface area contributed by atoms with Gasteiger partial charge in [-0.15, -0.1) is 11.3 Å². The van der Waals surface area contributed by atoms with Gasteiger partial charge in [-0.05, 0) is 17.4 Å². The molecule has 1 aliphatic heterocycles. The quantitative estimate of drug-likeness (QED) is 0.878. The zero-order valence-corrected chi connectivity index (χ0v) is 10.7. The summed E-state index contributed by atoms with van der Waals surface area (Å²) in [5.41, 5.74) is 0. The van der Waals surface area contributed by atoms with Gasteiger partial charge in [-0.25, -0.2) is 0 Å². The van der Waals surface area contributed by atoms with Crippen molar-refractivity contribution < 1.29 is 0 Å². The van der Waals surface area contributed by atoms with Crippen molar-refractivity contribution in [1.82, 2.24) is 5.32 Å². The number of thioether (sulfide) groups is 1. The Balaban J connectivity index is 2.07. The topological polar surface area (TPSA) is 24.4 Å². The number of nitrogens with one attached hydrogen (secondary N) is 1. The summed E-state index contributed by atoms with van der Waals surface area (Å²) in [7, 11) is 0. The van der Waals surface area contributed by atoms with Gasteiger partial charge in [-0.3, -0.25) is 4.99 Å². The number of amidine groups is 1. The molecule has 0 bridgehead atoms. The molecule has 1 atom stereocenters. The fourth-order valence-corrected chi connectivity index (χ4v) is 3.31. The molecule has 1 aromatic rings. The minimum absolute atomic E-state index is 0.411. The van der Waals surface area contributed by atoms with Gasteiger partial charge in [0.05, 0.1) is 12.6 Å². The van der Waals surface area contributed by atoms with E-state index in [1.807, 2.05) is 23.1 Å². The maximum Gasteiger partial charge on any atom is 0.157 e. The van der Waals surface area contributed by atoms with Gasteiger partial charge >= 0.3 is 0 Å². The average Bonchev–Trinajstić information content (AvgIpc) is 2.87. The molecule has 0 radical (unpaired) electrons. The van der Waals surface area contributed by atoms with Crippen molar-refractivity contribution in [2.24, 2.45) is 10.9 Å². The normalized spacial score (nSPS) is 17.9. The van der Waals surface area contributed by atoms with E-state index in [0.717, 1.165) is 17.5 Å². The lowest BCUT2D eigenvalue weighted by Gasteiger charge is -2.21. The first-order valence-corrected chi connectivity index (χ1v) is 7.11. The largest absolute Gasteiger partial charge is 0.357 e. The second-order valence-electron chi connectivity index (χ2n) is 3.92. The summed E-state index contributed by atoms with van der Waals surface area (Å²) < 4.78 is 0. The molecule has 2 rings (SSSR count). The Hall–Kier alpha value is -0.480. The molecule has 4 heteroatoms. The second kappa shape index (κ2) is 5.03. The molecular weight excluding hydrogens is 224 g/mol. The molecule has 0 saturated carbocycles. The number of hydrogen-bond acceptors (Lipinski definition) is 4. The lowest BCUT2D eigenvalue weighted by molar-refractivity contribution is 0.481. The number of aliphatic imine (C=N–C) groups is 1. The molecule has 1 aliphatic rings. The predicted octanol–water partition coefficient (Wildman–Crippen LogP) is 3.14. The maximum absolute atomic E-state index is 4.44. The van der Waals surface area contributed by atoms with Crippen LogP contribution < -0.4 is 5.32 Å². The van der Waals surface area contributed by atoms with Crippen molar-refractivity contribution in [3.63, 3.8) is 0 Å². The Labute approximate surface area is 99.2 Å². The molecule has 0 amide bonds. The summed E-state index contributed by atoms with van der Waals surface area (Å²) in [4.78, 5) is 5.84. The highest BCUT2D eigenvalue weighted by Gasteiger charge is 2.19. The van der Waals surface area contributed by atoms with Crippen LogP contribution in [-0.4, -0.2) is 17.5 Å². The molecule has 0 spiro atoms. The van der Waals surface area contributed by atoms with Crippen LogP contribution in [0.2, 0.25) is 0 Å². The standard InChI is InChI=1S/C11H16N2S2/c1-8(2)10(9-4-3-6-14-9)13-11-12-5-7-15-11/h3-4,6,8,10H,5,7H2,1-2H3,(H,12,13). The van der Waals surface area contributed by atoms with Crippen molar-refractivity contribution in [2.75, 3.05) is 12.3 Å². The number of hydrogen-bond donors (Lipinski definition) is 1. The van der Waals surface area contributed by atoms with E-state index < -0.39 is 0 Å². The van der Waals surface area contributed by atoms with E-state index in [0.29, 0.717) is 12.0 Å². The van der Waals surface area contributed by atoms with Crippen LogP contribution in [0.15, 0.2) is 22.5 Å². The number of nitrogens with zero attached hydrogens (tertiary/aromatic N) is 1. The van der Waals surface area contributed by atoms with Crippen molar-refractivity contribution in [1.29, 1.82) is 0 Å². The average molecular weight is 240 g/mol. The zero-order chi connectivity index (χ0) is 10.7. The maximum atomic E-state index is 4.44. The van der Waals surface area contributed by atoms with Crippen LogP contribution >= 0.6 is 23.1 Å². The summed E-state index contributed by atoms with van der Waals surface area (Å²) in [5.74, 6) is 1.71. The van der Waals surface area contributed by atoms with Gasteiger partial charge in [0.2, 0.25) is 0 Å². The highest BCUT2D eigenvalue weighted by Crippen LogP contribution is 2.27. The molecule has 2 nitrogen and oxygen atoms in total. The molecule has 1 unspecified atom stereocenters. The van der Waals surface area contributed by atoms with Crippen LogP contribution in [0.3, 0.4) is 0 Å². The Kier molecular flexibility index (Phi) is 3.70. The van der Waals surface area contributed by atoms with Gasteiger partial charge < -0.3 is 5.32 Å². The molecule has 15 heavy (non-hydrogen) atoms. The number of rotatable bonds is 3. The van der Waals surface area contributed by atoms with E-state index in [9.17, 15) is 0 Å². The molecule has 0 fully saturated rings. The zero-order valence-electron chi connectivity index (χ0n) is 9.06. The van der Waals surface area contributed by atoms with Gasteiger partial charge in [-0.2, -0.15) is 0 Å². The molecule has 0 aromatic carbocycles. The minimum Gasteiger partial charge on any atom is -0.357 e. The first-order valence-electron chi connectivity index (χ1n) is 5.24. The van der Waals surface area contributed by atoms with Crippen LogP contribution in [0.1, 0.15) is 24.8 Å². The van der Waals surface area contributed by atoms with Gasteiger partial charge in [0.25, 0.3) is 0 Å². The van der Waals surface area contributed by atoms with E-state index in [-0.39, 0.29) is 0 Å². The second-order valence-corrected chi connectivity index (χ2v) is 5.98. The van der Waals surface area contributed by atoms with Crippen molar-refractivity contribution in [3.8, 4) is 0 Å². The summed E-state index contributed by atoms with van der Waals surface area (Å²) in [6, 6.07) is 4.72. The molecule has 1 aromatic heterocycles. The molecule has 1 N–H and O–H groups in total. The van der Waals surface area contributed by atoms with Crippen molar-refractivity contribution >= 4 is 28.3 Å². The number of thiophene rings is 1. The SMILES string of the molecule is CC(C)C(NC1=NCCS1)c1cccs1. The first kappa shape index (κ1) is 11.0. The van der Waals surface area contributed by atoms with E-state index >= 15 is 0 Å². The Morgan fingerprint density at radius 3 is 2.87 bits per heavy atom. The minimum atomic E-state index is 0.411. The summed E-state index contributed by atoms with van der Waals surface area (Å²) in [6.45, 7) is 5.46. The van der Waals surface area contributed by atoms with Gasteiger partial charge in [0.15, 0.2) is 5.17 Å². The fourth-order valence-electron chi connectivity index (χ4n) is 1.59. The Bertz CT molecular complexity index is 330. The van der Waals surface area contributed by atoms with Crippen LogP contribution in [0.25, 0.3) is 0 Å². The lowest BCUT2D eigenvalue weighted by Crippen LogP contribution is -2.28. The van der Waals surface area contributed by atoms with Crippen LogP contribution in [0.4, 0.5) is 0 Å². The highest BCUT2D eigenvalue weighted by molar-refractivity contribution is 8.14. The van der Waals surface area contributed by atoms with E-state index in [1.165, 1.54) is 4.88 Å². The lowest BCUT2D eigenvalue weighted by atomic mass is 10.0. The van der Waals surface area contributed by atoms with E-state index in [1.54, 1.807) is 0 Å². The molecule has 0 aliphatic carbocycles. The van der Waals surface area contributed by atoms with Crippen LogP contribution in [0.5, 0.6) is 0 Å². The summed E-state index contributed by atoms with van der Waals surface area (Å²) in [6.07, 6.45) is 0. The van der Waals surface area contributed by atoms with Crippen LogP contribution in [0, 0.1) is 5.92 Å². The third-order valence-electron chi connectivity index (χ3n) is 2.38.